The van der Waals surface area contributed by atoms with E-state index in [0.717, 1.165) is 48.7 Å². The summed E-state index contributed by atoms with van der Waals surface area (Å²) in [5, 5.41) is 16.1. The molecule has 6 rings (SSSR count). The van der Waals surface area contributed by atoms with E-state index in [-0.39, 0.29) is 28.8 Å². The molecule has 5 nitrogen and oxygen atoms in total. The molecule has 29 heavy (non-hydrogen) atoms. The Morgan fingerprint density at radius 1 is 1.28 bits per heavy atom. The first-order chi connectivity index (χ1) is 13.6. The zero-order chi connectivity index (χ0) is 20.8. The second-order valence-electron chi connectivity index (χ2n) is 10.4. The summed E-state index contributed by atoms with van der Waals surface area (Å²) in [6.07, 6.45) is 4.59. The van der Waals surface area contributed by atoms with Crippen LogP contribution in [0.5, 0.6) is 0 Å². The number of nitriles is 1. The number of aryl methyl sites for hydroxylation is 1. The van der Waals surface area contributed by atoms with E-state index in [4.69, 9.17) is 16.7 Å². The lowest BCUT2D eigenvalue weighted by atomic mass is 9.50. The van der Waals surface area contributed by atoms with Crippen LogP contribution in [0.25, 0.3) is 10.9 Å². The summed E-state index contributed by atoms with van der Waals surface area (Å²) in [5.74, 6) is 0.114. The predicted octanol–water partition coefficient (Wildman–Crippen LogP) is 4.58. The molecule has 4 fully saturated rings. The van der Waals surface area contributed by atoms with Crippen molar-refractivity contribution in [1.82, 2.24) is 14.7 Å². The molecule has 1 aromatic carbocycles. The third-order valence-corrected chi connectivity index (χ3v) is 8.00. The van der Waals surface area contributed by atoms with E-state index in [1.807, 2.05) is 43.8 Å². The quantitative estimate of drug-likeness (QED) is 0.728. The van der Waals surface area contributed by atoms with Gasteiger partial charge in [-0.1, -0.05) is 24.6 Å². The molecule has 6 heteroatoms. The Balaban J connectivity index is 1.56. The van der Waals surface area contributed by atoms with Crippen molar-refractivity contribution >= 4 is 28.4 Å². The molecule has 3 heterocycles. The minimum Gasteiger partial charge on any atom is -0.336 e. The smallest absolute Gasteiger partial charge is 0.234 e. The zero-order valence-electron chi connectivity index (χ0n) is 17.5. The molecule has 152 valence electrons. The van der Waals surface area contributed by atoms with Crippen LogP contribution >= 0.6 is 11.6 Å². The lowest BCUT2D eigenvalue weighted by Gasteiger charge is -2.64. The Labute approximate surface area is 176 Å². The molecule has 2 saturated heterocycles. The second kappa shape index (κ2) is 5.76. The van der Waals surface area contributed by atoms with E-state index in [0.29, 0.717) is 5.02 Å². The lowest BCUT2D eigenvalue weighted by molar-refractivity contribution is -0.168. The van der Waals surface area contributed by atoms with E-state index in [9.17, 15) is 10.1 Å². The van der Waals surface area contributed by atoms with Gasteiger partial charge in [-0.3, -0.25) is 9.48 Å². The lowest BCUT2D eigenvalue weighted by Crippen LogP contribution is -2.67. The number of carbonyl (C=O) groups excluding carboxylic acids is 1. The van der Waals surface area contributed by atoms with Gasteiger partial charge < -0.3 is 4.90 Å². The molecule has 2 saturated carbocycles. The van der Waals surface area contributed by atoms with Crippen molar-refractivity contribution in [3.8, 4) is 6.07 Å². The molecule has 2 atom stereocenters. The van der Waals surface area contributed by atoms with Gasteiger partial charge in [-0.2, -0.15) is 10.4 Å². The van der Waals surface area contributed by atoms with Gasteiger partial charge in [0.15, 0.2) is 0 Å². The van der Waals surface area contributed by atoms with Gasteiger partial charge in [-0.25, -0.2) is 0 Å². The Kier molecular flexibility index (Phi) is 3.76. The number of nitrogens with zero attached hydrogens (tertiary/aromatic N) is 4. The monoisotopic (exact) mass is 410 g/mol. The summed E-state index contributed by atoms with van der Waals surface area (Å²) in [6.45, 7) is 6.23. The summed E-state index contributed by atoms with van der Waals surface area (Å²) < 4.78 is 1.81. The van der Waals surface area contributed by atoms with Crippen molar-refractivity contribution in [2.75, 3.05) is 0 Å². The van der Waals surface area contributed by atoms with E-state index >= 15 is 0 Å². The fourth-order valence-corrected chi connectivity index (χ4v) is 7.00. The van der Waals surface area contributed by atoms with Gasteiger partial charge in [-0.15, -0.1) is 0 Å². The molecule has 1 amide bonds. The van der Waals surface area contributed by atoms with Crippen LogP contribution in [0.1, 0.15) is 58.6 Å². The van der Waals surface area contributed by atoms with Crippen molar-refractivity contribution in [2.45, 2.75) is 70.4 Å². The molecule has 4 bridgehead atoms. The highest BCUT2D eigenvalue weighted by molar-refractivity contribution is 6.35. The SMILES string of the molecule is Cn1nc(C(C)(C)C(=O)N2C3CC4(C)CC2CC(C#N)(C3)C4)c2c(Cl)cccc21. The number of halogens is 1. The van der Waals surface area contributed by atoms with Gasteiger partial charge in [-0.05, 0) is 63.5 Å². The highest BCUT2D eigenvalue weighted by atomic mass is 35.5. The number of benzene rings is 1. The number of hydrogen-bond acceptors (Lipinski definition) is 3. The molecule has 2 aliphatic carbocycles. The van der Waals surface area contributed by atoms with Crippen molar-refractivity contribution < 1.29 is 4.79 Å². The van der Waals surface area contributed by atoms with Gasteiger partial charge in [0.2, 0.25) is 5.91 Å². The van der Waals surface area contributed by atoms with Gasteiger partial charge in [0, 0.05) is 24.5 Å². The van der Waals surface area contributed by atoms with E-state index in [2.05, 4.69) is 17.9 Å². The third-order valence-electron chi connectivity index (χ3n) is 7.69. The number of piperidine rings is 2. The van der Waals surface area contributed by atoms with Crippen LogP contribution in [0.3, 0.4) is 0 Å². The molecule has 2 aliphatic heterocycles. The summed E-state index contributed by atoms with van der Waals surface area (Å²) in [4.78, 5) is 16.1. The van der Waals surface area contributed by atoms with Crippen LogP contribution in [0.15, 0.2) is 18.2 Å². The minimum absolute atomic E-state index is 0.114. The van der Waals surface area contributed by atoms with Crippen LogP contribution in [0, 0.1) is 22.2 Å². The Morgan fingerprint density at radius 3 is 2.55 bits per heavy atom. The molecular formula is C23H27ClN4O. The van der Waals surface area contributed by atoms with Crippen LogP contribution in [0.4, 0.5) is 0 Å². The van der Waals surface area contributed by atoms with E-state index in [1.165, 1.54) is 0 Å². The number of amides is 1. The number of hydrogen-bond donors (Lipinski definition) is 0. The van der Waals surface area contributed by atoms with Gasteiger partial charge in [0.05, 0.1) is 33.1 Å². The number of aromatic nitrogens is 2. The fraction of sp³-hybridized carbons (Fsp3) is 0.609. The van der Waals surface area contributed by atoms with Crippen LogP contribution in [-0.2, 0) is 17.3 Å². The standard InChI is InChI=1S/C23H27ClN4O/c1-21(2,19-18-16(24)6-5-7-17(18)27(4)26-19)20(29)28-14-8-22(3)9-15(28)11-23(10-14,12-22)13-25/h5-7,14-15H,8-12H2,1-4H3. The highest BCUT2D eigenvalue weighted by Crippen LogP contribution is 2.61. The van der Waals surface area contributed by atoms with Gasteiger partial charge >= 0.3 is 0 Å². The van der Waals surface area contributed by atoms with Gasteiger partial charge in [0.1, 0.15) is 0 Å². The van der Waals surface area contributed by atoms with Crippen molar-refractivity contribution in [2.24, 2.45) is 17.9 Å². The van der Waals surface area contributed by atoms with Crippen LogP contribution in [0.2, 0.25) is 5.02 Å². The molecule has 4 aliphatic rings. The molecule has 0 spiro atoms. The first-order valence-electron chi connectivity index (χ1n) is 10.4. The topological polar surface area (TPSA) is 61.9 Å². The average Bonchev–Trinajstić information content (AvgIpc) is 2.99. The molecular weight excluding hydrogens is 384 g/mol. The Bertz CT molecular complexity index is 1060. The highest BCUT2D eigenvalue weighted by Gasteiger charge is 2.61. The molecule has 0 radical (unpaired) electrons. The maximum absolute atomic E-state index is 14.0. The number of carbonyl (C=O) groups is 1. The first kappa shape index (κ1) is 18.9. The third kappa shape index (κ3) is 2.51. The van der Waals surface area contributed by atoms with E-state index in [1.54, 1.807) is 0 Å². The number of rotatable bonds is 2. The van der Waals surface area contributed by atoms with Crippen molar-refractivity contribution in [3.05, 3.63) is 28.9 Å². The summed E-state index contributed by atoms with van der Waals surface area (Å²) in [6, 6.07) is 8.68. The Hall–Kier alpha value is -2.06. The summed E-state index contributed by atoms with van der Waals surface area (Å²) in [7, 11) is 1.89. The fourth-order valence-electron chi connectivity index (χ4n) is 6.74. The van der Waals surface area contributed by atoms with Crippen LogP contribution in [-0.4, -0.2) is 32.7 Å². The molecule has 2 aromatic rings. The van der Waals surface area contributed by atoms with Crippen molar-refractivity contribution in [3.63, 3.8) is 0 Å². The average molecular weight is 411 g/mol. The summed E-state index contributed by atoms with van der Waals surface area (Å²) in [5.41, 5.74) is 0.817. The number of fused-ring (bicyclic) bond motifs is 1. The zero-order valence-corrected chi connectivity index (χ0v) is 18.3. The molecule has 2 unspecified atom stereocenters. The second-order valence-corrected chi connectivity index (χ2v) is 10.9. The van der Waals surface area contributed by atoms with E-state index < -0.39 is 5.41 Å². The normalized spacial score (nSPS) is 33.3. The minimum atomic E-state index is -0.791. The largest absolute Gasteiger partial charge is 0.336 e. The van der Waals surface area contributed by atoms with Crippen LogP contribution < -0.4 is 0 Å². The first-order valence-corrected chi connectivity index (χ1v) is 10.8. The molecule has 1 aromatic heterocycles. The Morgan fingerprint density at radius 2 is 1.93 bits per heavy atom. The van der Waals surface area contributed by atoms with Crippen molar-refractivity contribution in [1.29, 1.82) is 5.26 Å². The molecule has 0 N–H and O–H groups in total. The predicted molar refractivity (Wildman–Crippen MR) is 112 cm³/mol. The van der Waals surface area contributed by atoms with Gasteiger partial charge in [0.25, 0.3) is 0 Å². The maximum Gasteiger partial charge on any atom is 0.234 e. The summed E-state index contributed by atoms with van der Waals surface area (Å²) >= 11 is 6.53. The maximum atomic E-state index is 14.0.